The van der Waals surface area contributed by atoms with E-state index in [2.05, 4.69) is 31.9 Å². The number of hydrogen-bond donors (Lipinski definition) is 3. The topological polar surface area (TPSA) is 89.3 Å². The van der Waals surface area contributed by atoms with Crippen LogP contribution in [-0.4, -0.2) is 11.1 Å². The van der Waals surface area contributed by atoms with E-state index in [9.17, 15) is 4.79 Å². The van der Waals surface area contributed by atoms with Crippen molar-refractivity contribution in [3.05, 3.63) is 44.8 Å². The Hall–Kier alpha value is -1.53. The third-order valence-corrected chi connectivity index (χ3v) is 4.20. The van der Waals surface area contributed by atoms with Gasteiger partial charge in [-0.2, -0.15) is 0 Å². The Morgan fingerprint density at radius 3 is 2.26 bits per heavy atom. The van der Waals surface area contributed by atoms with Crippen LogP contribution in [0.5, 0.6) is 0 Å². The van der Waals surface area contributed by atoms with Gasteiger partial charge in [0, 0.05) is 15.7 Å². The van der Waals surface area contributed by atoms with Crippen molar-refractivity contribution in [2.75, 3.05) is 11.5 Å². The van der Waals surface area contributed by atoms with Gasteiger partial charge in [0.1, 0.15) is 0 Å². The van der Waals surface area contributed by atoms with Gasteiger partial charge in [0.25, 0.3) is 0 Å². The predicted octanol–water partition coefficient (Wildman–Crippen LogP) is 3.74. The summed E-state index contributed by atoms with van der Waals surface area (Å²) in [4.78, 5) is 11.0. The van der Waals surface area contributed by atoms with Crippen LogP contribution in [0.2, 0.25) is 0 Å². The van der Waals surface area contributed by atoms with Crippen molar-refractivity contribution in [1.82, 2.24) is 0 Å². The number of carboxylic acid groups (broad SMARTS) is 1. The van der Waals surface area contributed by atoms with Crippen LogP contribution in [0.3, 0.4) is 0 Å². The van der Waals surface area contributed by atoms with E-state index in [0.717, 1.165) is 15.6 Å². The average Bonchev–Trinajstić information content (AvgIpc) is 2.33. The summed E-state index contributed by atoms with van der Waals surface area (Å²) in [5, 5.41) is 9.03. The minimum Gasteiger partial charge on any atom is -0.478 e. The molecule has 0 atom stereocenters. The van der Waals surface area contributed by atoms with Gasteiger partial charge >= 0.3 is 5.97 Å². The first-order chi connectivity index (χ1) is 8.91. The molecule has 0 radical (unpaired) electrons. The van der Waals surface area contributed by atoms with Crippen molar-refractivity contribution in [1.29, 1.82) is 0 Å². The number of nitrogen functional groups attached to an aromatic ring is 2. The molecule has 98 valence electrons. The Morgan fingerprint density at radius 1 is 1.05 bits per heavy atom. The van der Waals surface area contributed by atoms with E-state index in [1.807, 2.05) is 6.07 Å². The quantitative estimate of drug-likeness (QED) is 0.687. The van der Waals surface area contributed by atoms with Crippen molar-refractivity contribution < 1.29 is 9.90 Å². The number of hydrogen-bond acceptors (Lipinski definition) is 3. The Kier molecular flexibility index (Phi) is 3.82. The molecule has 0 saturated heterocycles. The normalized spacial score (nSPS) is 10.4. The molecular weight excluding hydrogens is 376 g/mol. The summed E-state index contributed by atoms with van der Waals surface area (Å²) >= 11 is 6.64. The molecule has 0 spiro atoms. The molecule has 2 aromatic carbocycles. The monoisotopic (exact) mass is 384 g/mol. The largest absolute Gasteiger partial charge is 0.478 e. The molecule has 2 rings (SSSR count). The van der Waals surface area contributed by atoms with E-state index in [0.29, 0.717) is 15.8 Å². The smallest absolute Gasteiger partial charge is 0.336 e. The van der Waals surface area contributed by atoms with E-state index in [1.54, 1.807) is 18.2 Å². The average molecular weight is 386 g/mol. The molecule has 0 saturated carbocycles. The number of benzene rings is 2. The van der Waals surface area contributed by atoms with Gasteiger partial charge in [-0.1, -0.05) is 28.1 Å². The minimum atomic E-state index is -1.03. The summed E-state index contributed by atoms with van der Waals surface area (Å²) in [5.41, 5.74) is 14.4. The molecular formula is C13H10Br2N2O2. The summed E-state index contributed by atoms with van der Waals surface area (Å²) < 4.78 is 1.18. The molecule has 5 N–H and O–H groups in total. The van der Waals surface area contributed by atoms with E-state index >= 15 is 0 Å². The van der Waals surface area contributed by atoms with Crippen LogP contribution in [0.4, 0.5) is 11.4 Å². The van der Waals surface area contributed by atoms with Gasteiger partial charge in [-0.15, -0.1) is 0 Å². The number of carboxylic acids is 1. The molecule has 0 unspecified atom stereocenters. The van der Waals surface area contributed by atoms with Gasteiger partial charge in [-0.25, -0.2) is 4.79 Å². The Labute approximate surface area is 126 Å². The lowest BCUT2D eigenvalue weighted by Crippen LogP contribution is -2.02. The Bertz CT molecular complexity index is 672. The number of rotatable bonds is 2. The van der Waals surface area contributed by atoms with Gasteiger partial charge in [-0.3, -0.25) is 0 Å². The first-order valence-electron chi connectivity index (χ1n) is 5.28. The van der Waals surface area contributed by atoms with Gasteiger partial charge in [0.05, 0.1) is 15.7 Å². The second kappa shape index (κ2) is 5.22. The summed E-state index contributed by atoms with van der Waals surface area (Å²) in [6.45, 7) is 0. The van der Waals surface area contributed by atoms with Crippen LogP contribution < -0.4 is 11.5 Å². The standard InChI is InChI=1S/C13H10Br2N2O2/c14-10-5-6(16)1-2-7(10)8-3-4-9(13(18)19)11(15)12(8)17/h1-5H,16-17H2,(H,18,19). The maximum absolute atomic E-state index is 11.0. The third-order valence-electron chi connectivity index (χ3n) is 2.69. The minimum absolute atomic E-state index is 0.132. The van der Waals surface area contributed by atoms with Gasteiger partial charge in [-0.05, 0) is 39.7 Å². The molecule has 0 aliphatic carbocycles. The van der Waals surface area contributed by atoms with E-state index in [1.165, 1.54) is 6.07 Å². The number of nitrogens with two attached hydrogens (primary N) is 2. The van der Waals surface area contributed by atoms with Crippen LogP contribution in [0.1, 0.15) is 10.4 Å². The zero-order valence-electron chi connectivity index (χ0n) is 9.65. The summed E-state index contributed by atoms with van der Waals surface area (Å²) in [6.07, 6.45) is 0. The number of carbonyl (C=O) groups is 1. The molecule has 0 aliphatic rings. The van der Waals surface area contributed by atoms with Crippen LogP contribution in [-0.2, 0) is 0 Å². The van der Waals surface area contributed by atoms with Crippen LogP contribution >= 0.6 is 31.9 Å². The summed E-state index contributed by atoms with van der Waals surface area (Å²) in [5.74, 6) is -1.03. The highest BCUT2D eigenvalue weighted by atomic mass is 79.9. The lowest BCUT2D eigenvalue weighted by atomic mass is 10.0. The van der Waals surface area contributed by atoms with Gasteiger partial charge < -0.3 is 16.6 Å². The van der Waals surface area contributed by atoms with Gasteiger partial charge in [0.2, 0.25) is 0 Å². The summed E-state index contributed by atoms with van der Waals surface area (Å²) in [7, 11) is 0. The molecule has 2 aromatic rings. The zero-order chi connectivity index (χ0) is 14.2. The van der Waals surface area contributed by atoms with Crippen molar-refractivity contribution in [3.8, 4) is 11.1 Å². The van der Waals surface area contributed by atoms with Crippen LogP contribution in [0.15, 0.2) is 39.3 Å². The molecule has 19 heavy (non-hydrogen) atoms. The zero-order valence-corrected chi connectivity index (χ0v) is 12.8. The van der Waals surface area contributed by atoms with Crippen LogP contribution in [0, 0.1) is 0 Å². The molecule has 0 bridgehead atoms. The highest BCUT2D eigenvalue weighted by Gasteiger charge is 2.15. The Morgan fingerprint density at radius 2 is 1.68 bits per heavy atom. The fraction of sp³-hybridized carbons (Fsp3) is 0. The third kappa shape index (κ3) is 2.59. The molecule has 4 nitrogen and oxygen atoms in total. The molecule has 0 amide bonds. The van der Waals surface area contributed by atoms with E-state index in [-0.39, 0.29) is 5.56 Å². The molecule has 0 fully saturated rings. The van der Waals surface area contributed by atoms with Crippen molar-refractivity contribution >= 4 is 49.2 Å². The molecule has 0 heterocycles. The number of halogens is 2. The molecule has 0 aliphatic heterocycles. The van der Waals surface area contributed by atoms with E-state index in [4.69, 9.17) is 16.6 Å². The second-order valence-corrected chi connectivity index (χ2v) is 5.58. The van der Waals surface area contributed by atoms with Crippen molar-refractivity contribution in [2.45, 2.75) is 0 Å². The number of aromatic carboxylic acids is 1. The highest BCUT2D eigenvalue weighted by molar-refractivity contribution is 9.11. The van der Waals surface area contributed by atoms with Crippen molar-refractivity contribution in [3.63, 3.8) is 0 Å². The maximum Gasteiger partial charge on any atom is 0.336 e. The second-order valence-electron chi connectivity index (χ2n) is 3.93. The maximum atomic E-state index is 11.0. The fourth-order valence-corrected chi connectivity index (χ4v) is 2.87. The predicted molar refractivity (Wildman–Crippen MR) is 83.1 cm³/mol. The molecule has 0 aromatic heterocycles. The fourth-order valence-electron chi connectivity index (χ4n) is 1.74. The van der Waals surface area contributed by atoms with Crippen LogP contribution in [0.25, 0.3) is 11.1 Å². The van der Waals surface area contributed by atoms with Gasteiger partial charge in [0.15, 0.2) is 0 Å². The Balaban J connectivity index is 2.64. The number of anilines is 2. The lowest BCUT2D eigenvalue weighted by Gasteiger charge is -2.12. The molecule has 6 heteroatoms. The summed E-state index contributed by atoms with van der Waals surface area (Å²) in [6, 6.07) is 8.56. The highest BCUT2D eigenvalue weighted by Crippen LogP contribution is 2.38. The lowest BCUT2D eigenvalue weighted by molar-refractivity contribution is 0.0696. The SMILES string of the molecule is Nc1ccc(-c2ccc(C(=O)O)c(Br)c2N)c(Br)c1. The van der Waals surface area contributed by atoms with Crippen molar-refractivity contribution in [2.24, 2.45) is 0 Å². The first-order valence-corrected chi connectivity index (χ1v) is 6.87. The van der Waals surface area contributed by atoms with E-state index < -0.39 is 5.97 Å². The first kappa shape index (κ1) is 13.9.